The number of benzene rings is 2. The minimum Gasteiger partial charge on any atom is -0.465 e. The standard InChI is InChI=1S/C18H15FN4O3S2/c1-26-15(24)12-4-2-11(3-5-12)10-27-18-23-22-17(28-18)21-16(25)20-14-8-6-13(19)7-9-14/h2-9H,10H2,1H3,(H2,20,21,22,25). The number of carbonyl (C=O) groups excluding carboxylic acids is 2. The number of esters is 1. The van der Waals surface area contributed by atoms with Crippen molar-refractivity contribution in [2.45, 2.75) is 10.1 Å². The number of nitrogens with one attached hydrogen (secondary N) is 2. The van der Waals surface area contributed by atoms with Crippen LogP contribution in [-0.4, -0.2) is 29.3 Å². The third kappa shape index (κ3) is 5.51. The molecule has 0 fully saturated rings. The van der Waals surface area contributed by atoms with Crippen LogP contribution >= 0.6 is 23.1 Å². The molecule has 144 valence electrons. The zero-order chi connectivity index (χ0) is 19.9. The molecular weight excluding hydrogens is 403 g/mol. The van der Waals surface area contributed by atoms with Crippen molar-refractivity contribution in [2.24, 2.45) is 0 Å². The Kier molecular flexibility index (Phi) is 6.56. The second-order valence-corrected chi connectivity index (χ2v) is 7.64. The van der Waals surface area contributed by atoms with E-state index in [-0.39, 0.29) is 11.8 Å². The van der Waals surface area contributed by atoms with Crippen molar-refractivity contribution in [1.82, 2.24) is 10.2 Å². The van der Waals surface area contributed by atoms with Crippen LogP contribution < -0.4 is 10.6 Å². The lowest BCUT2D eigenvalue weighted by Crippen LogP contribution is -2.19. The molecule has 10 heteroatoms. The Morgan fingerprint density at radius 2 is 1.79 bits per heavy atom. The van der Waals surface area contributed by atoms with Gasteiger partial charge in [-0.1, -0.05) is 35.2 Å². The van der Waals surface area contributed by atoms with Gasteiger partial charge in [0.2, 0.25) is 5.13 Å². The molecule has 0 aliphatic heterocycles. The van der Waals surface area contributed by atoms with Crippen LogP contribution in [0.25, 0.3) is 0 Å². The first-order chi connectivity index (χ1) is 13.5. The number of urea groups is 1. The maximum Gasteiger partial charge on any atom is 0.337 e. The number of rotatable bonds is 6. The maximum absolute atomic E-state index is 12.9. The Bertz CT molecular complexity index is 962. The number of nitrogens with zero attached hydrogens (tertiary/aromatic N) is 2. The largest absolute Gasteiger partial charge is 0.465 e. The second kappa shape index (κ2) is 9.29. The minimum absolute atomic E-state index is 0.350. The molecular formula is C18H15FN4O3S2. The average molecular weight is 418 g/mol. The molecule has 0 spiro atoms. The van der Waals surface area contributed by atoms with Crippen molar-refractivity contribution in [3.63, 3.8) is 0 Å². The van der Waals surface area contributed by atoms with E-state index in [1.807, 2.05) is 12.1 Å². The third-order valence-corrected chi connectivity index (χ3v) is 5.51. The Morgan fingerprint density at radius 1 is 1.07 bits per heavy atom. The zero-order valence-electron chi connectivity index (χ0n) is 14.6. The number of anilines is 2. The van der Waals surface area contributed by atoms with Gasteiger partial charge in [0.1, 0.15) is 5.82 Å². The summed E-state index contributed by atoms with van der Waals surface area (Å²) in [6.45, 7) is 0. The SMILES string of the molecule is COC(=O)c1ccc(CSc2nnc(NC(=O)Nc3ccc(F)cc3)s2)cc1. The fourth-order valence-electron chi connectivity index (χ4n) is 2.11. The molecule has 28 heavy (non-hydrogen) atoms. The minimum atomic E-state index is -0.488. The lowest BCUT2D eigenvalue weighted by atomic mass is 10.1. The number of hydrogen-bond acceptors (Lipinski definition) is 7. The van der Waals surface area contributed by atoms with Crippen molar-refractivity contribution in [3.8, 4) is 0 Å². The van der Waals surface area contributed by atoms with Crippen LogP contribution in [0.2, 0.25) is 0 Å². The smallest absolute Gasteiger partial charge is 0.337 e. The number of aromatic nitrogens is 2. The van der Waals surface area contributed by atoms with E-state index in [0.29, 0.717) is 26.5 Å². The predicted molar refractivity (Wildman–Crippen MR) is 106 cm³/mol. The molecule has 3 aromatic rings. The van der Waals surface area contributed by atoms with E-state index in [2.05, 4.69) is 25.6 Å². The van der Waals surface area contributed by atoms with E-state index in [1.54, 1.807) is 12.1 Å². The number of methoxy groups -OCH3 is 1. The van der Waals surface area contributed by atoms with Gasteiger partial charge in [-0.2, -0.15) is 0 Å². The van der Waals surface area contributed by atoms with E-state index in [4.69, 9.17) is 0 Å². The van der Waals surface area contributed by atoms with Gasteiger partial charge in [0.15, 0.2) is 4.34 Å². The molecule has 1 heterocycles. The summed E-state index contributed by atoms with van der Waals surface area (Å²) in [6.07, 6.45) is 0. The van der Waals surface area contributed by atoms with E-state index in [1.165, 1.54) is 54.5 Å². The Balaban J connectivity index is 1.50. The first-order valence-electron chi connectivity index (χ1n) is 8.00. The molecule has 0 atom stereocenters. The highest BCUT2D eigenvalue weighted by atomic mass is 32.2. The highest BCUT2D eigenvalue weighted by Crippen LogP contribution is 2.28. The summed E-state index contributed by atoms with van der Waals surface area (Å²) in [5.74, 6) is -0.118. The number of thioether (sulfide) groups is 1. The van der Waals surface area contributed by atoms with Crippen LogP contribution in [0.15, 0.2) is 52.9 Å². The number of hydrogen-bond donors (Lipinski definition) is 2. The first-order valence-corrected chi connectivity index (χ1v) is 9.81. The number of ether oxygens (including phenoxy) is 1. The molecule has 0 saturated heterocycles. The molecule has 7 nitrogen and oxygen atoms in total. The third-order valence-electron chi connectivity index (χ3n) is 3.47. The monoisotopic (exact) mass is 418 g/mol. The molecule has 3 rings (SSSR count). The lowest BCUT2D eigenvalue weighted by Gasteiger charge is -2.04. The zero-order valence-corrected chi connectivity index (χ0v) is 16.3. The highest BCUT2D eigenvalue weighted by molar-refractivity contribution is 8.00. The summed E-state index contributed by atoms with van der Waals surface area (Å²) in [4.78, 5) is 23.4. The highest BCUT2D eigenvalue weighted by Gasteiger charge is 2.10. The van der Waals surface area contributed by atoms with Crippen molar-refractivity contribution in [1.29, 1.82) is 0 Å². The first kappa shape index (κ1) is 19.8. The Labute approximate surface area is 168 Å². The summed E-state index contributed by atoms with van der Waals surface area (Å²) in [6, 6.07) is 12.0. The summed E-state index contributed by atoms with van der Waals surface area (Å²) >= 11 is 2.70. The van der Waals surface area contributed by atoms with E-state index >= 15 is 0 Å². The van der Waals surface area contributed by atoms with E-state index < -0.39 is 6.03 Å². The molecule has 2 aromatic carbocycles. The predicted octanol–water partition coefficient (Wildman–Crippen LogP) is 4.40. The van der Waals surface area contributed by atoms with Crippen molar-refractivity contribution in [2.75, 3.05) is 17.7 Å². The molecule has 0 aliphatic rings. The van der Waals surface area contributed by atoms with Crippen molar-refractivity contribution in [3.05, 3.63) is 65.5 Å². The van der Waals surface area contributed by atoms with Gasteiger partial charge in [0.05, 0.1) is 12.7 Å². The number of halogens is 1. The molecule has 0 saturated carbocycles. The van der Waals surface area contributed by atoms with Crippen LogP contribution in [0.1, 0.15) is 15.9 Å². The number of carbonyl (C=O) groups is 2. The molecule has 2 N–H and O–H groups in total. The quantitative estimate of drug-likeness (QED) is 0.350. The van der Waals surface area contributed by atoms with Gasteiger partial charge < -0.3 is 10.1 Å². The summed E-state index contributed by atoms with van der Waals surface area (Å²) in [7, 11) is 1.34. The van der Waals surface area contributed by atoms with Crippen molar-refractivity contribution >= 4 is 45.9 Å². The lowest BCUT2D eigenvalue weighted by molar-refractivity contribution is 0.0600. The molecule has 0 unspecified atom stereocenters. The van der Waals surface area contributed by atoms with E-state index in [0.717, 1.165) is 5.56 Å². The van der Waals surface area contributed by atoms with Gasteiger partial charge in [0.25, 0.3) is 0 Å². The summed E-state index contributed by atoms with van der Waals surface area (Å²) in [5, 5.41) is 13.5. The van der Waals surface area contributed by atoms with Crippen LogP contribution in [0, 0.1) is 5.82 Å². The van der Waals surface area contributed by atoms with Gasteiger partial charge in [-0.05, 0) is 42.0 Å². The fraction of sp³-hybridized carbons (Fsp3) is 0.111. The molecule has 1 aromatic heterocycles. The summed E-state index contributed by atoms with van der Waals surface area (Å²) < 4.78 is 18.2. The van der Waals surface area contributed by atoms with Crippen LogP contribution in [0.3, 0.4) is 0 Å². The maximum atomic E-state index is 12.9. The molecule has 0 bridgehead atoms. The van der Waals surface area contributed by atoms with Crippen LogP contribution in [-0.2, 0) is 10.5 Å². The van der Waals surface area contributed by atoms with Gasteiger partial charge in [0, 0.05) is 11.4 Å². The Morgan fingerprint density at radius 3 is 2.46 bits per heavy atom. The average Bonchev–Trinajstić information content (AvgIpc) is 3.15. The van der Waals surface area contributed by atoms with Gasteiger partial charge in [-0.15, -0.1) is 10.2 Å². The topological polar surface area (TPSA) is 93.2 Å². The van der Waals surface area contributed by atoms with Crippen LogP contribution in [0.5, 0.6) is 0 Å². The van der Waals surface area contributed by atoms with Gasteiger partial charge >= 0.3 is 12.0 Å². The van der Waals surface area contributed by atoms with Gasteiger partial charge in [-0.3, -0.25) is 5.32 Å². The fourth-order valence-corrected chi connectivity index (χ4v) is 3.81. The van der Waals surface area contributed by atoms with E-state index in [9.17, 15) is 14.0 Å². The summed E-state index contributed by atoms with van der Waals surface area (Å²) in [5.41, 5.74) is 1.97. The molecule has 0 radical (unpaired) electrons. The Hall–Kier alpha value is -2.98. The molecule has 2 amide bonds. The second-order valence-electron chi connectivity index (χ2n) is 5.44. The normalized spacial score (nSPS) is 10.4. The van der Waals surface area contributed by atoms with Crippen molar-refractivity contribution < 1.29 is 18.7 Å². The number of amides is 2. The van der Waals surface area contributed by atoms with Gasteiger partial charge in [-0.25, -0.2) is 14.0 Å². The molecule has 0 aliphatic carbocycles. The van der Waals surface area contributed by atoms with Crippen LogP contribution in [0.4, 0.5) is 20.0 Å².